The molecule has 0 bridgehead atoms. The summed E-state index contributed by atoms with van der Waals surface area (Å²) in [7, 11) is -3.14. The summed E-state index contributed by atoms with van der Waals surface area (Å²) in [6, 6.07) is 3.80. The van der Waals surface area contributed by atoms with E-state index in [1.807, 2.05) is 26.0 Å². The average Bonchev–Trinajstić information content (AvgIpc) is 3.37. The van der Waals surface area contributed by atoms with E-state index in [1.165, 1.54) is 0 Å². The van der Waals surface area contributed by atoms with Gasteiger partial charge in [-0.05, 0) is 43.9 Å². The van der Waals surface area contributed by atoms with Crippen LogP contribution in [-0.4, -0.2) is 42.4 Å². The number of carbonyl (C=O) groups is 1. The number of piperidine rings is 1. The molecule has 5 nitrogen and oxygen atoms in total. The van der Waals surface area contributed by atoms with Crippen LogP contribution in [0.4, 0.5) is 0 Å². The van der Waals surface area contributed by atoms with Gasteiger partial charge in [-0.1, -0.05) is 6.07 Å². The highest BCUT2D eigenvalue weighted by atomic mass is 32.2. The fourth-order valence-corrected chi connectivity index (χ4v) is 5.63. The molecule has 3 aliphatic rings. The minimum atomic E-state index is -3.14. The van der Waals surface area contributed by atoms with Crippen molar-refractivity contribution in [1.29, 1.82) is 0 Å². The first-order valence-corrected chi connectivity index (χ1v) is 10.1. The third-order valence-corrected chi connectivity index (χ3v) is 8.12. The molecule has 4 rings (SSSR count). The summed E-state index contributed by atoms with van der Waals surface area (Å²) in [5.74, 6) is 0.808. The summed E-state index contributed by atoms with van der Waals surface area (Å²) in [5, 5.41) is -0.175. The molecule has 0 atom stereocenters. The summed E-state index contributed by atoms with van der Waals surface area (Å²) in [5.41, 5.74) is 2.23. The van der Waals surface area contributed by atoms with E-state index in [1.54, 1.807) is 4.31 Å². The minimum absolute atomic E-state index is 0.109. The normalized spacial score (nSPS) is 23.8. The van der Waals surface area contributed by atoms with Crippen molar-refractivity contribution in [2.45, 2.75) is 56.8 Å². The van der Waals surface area contributed by atoms with Crippen molar-refractivity contribution in [3.63, 3.8) is 0 Å². The number of sulfonamides is 1. The van der Waals surface area contributed by atoms with Gasteiger partial charge in [0.2, 0.25) is 10.0 Å². The van der Waals surface area contributed by atoms with Gasteiger partial charge in [0.25, 0.3) is 0 Å². The number of nitrogens with zero attached hydrogens (tertiary/aromatic N) is 1. The van der Waals surface area contributed by atoms with Crippen LogP contribution in [0, 0.1) is 13.8 Å². The van der Waals surface area contributed by atoms with E-state index in [9.17, 15) is 13.2 Å². The van der Waals surface area contributed by atoms with Crippen molar-refractivity contribution in [2.75, 3.05) is 13.1 Å². The fraction of sp³-hybridized carbons (Fsp3) is 0.611. The number of aryl methyl sites for hydroxylation is 1. The van der Waals surface area contributed by atoms with Gasteiger partial charge in [-0.2, -0.15) is 0 Å². The van der Waals surface area contributed by atoms with Crippen molar-refractivity contribution in [3.05, 3.63) is 28.8 Å². The standard InChI is InChI=1S/C18H23NO4S/c1-12-3-6-15-16(20)11-18(23-17(15)13(12)2)7-9-19(10-8-18)24(21,22)14-4-5-14/h3,6,14H,4-5,7-11H2,1-2H3. The maximum Gasteiger partial charge on any atom is 0.216 e. The highest BCUT2D eigenvalue weighted by Crippen LogP contribution is 2.43. The first-order chi connectivity index (χ1) is 11.3. The van der Waals surface area contributed by atoms with Crippen LogP contribution in [0.1, 0.15) is 53.6 Å². The Morgan fingerprint density at radius 2 is 1.83 bits per heavy atom. The first-order valence-electron chi connectivity index (χ1n) is 8.64. The molecule has 0 radical (unpaired) electrons. The van der Waals surface area contributed by atoms with Crippen LogP contribution in [0.5, 0.6) is 5.75 Å². The van der Waals surface area contributed by atoms with Crippen molar-refractivity contribution in [2.24, 2.45) is 0 Å². The Balaban J connectivity index is 1.58. The molecule has 2 fully saturated rings. The van der Waals surface area contributed by atoms with Gasteiger partial charge < -0.3 is 4.74 Å². The zero-order valence-electron chi connectivity index (χ0n) is 14.2. The molecule has 6 heteroatoms. The van der Waals surface area contributed by atoms with Gasteiger partial charge in [-0.25, -0.2) is 12.7 Å². The second kappa shape index (κ2) is 5.30. The molecule has 0 N–H and O–H groups in total. The lowest BCUT2D eigenvalue weighted by Gasteiger charge is -2.44. The highest BCUT2D eigenvalue weighted by molar-refractivity contribution is 7.90. The molecule has 130 valence electrons. The lowest BCUT2D eigenvalue weighted by molar-refractivity contribution is 0.00529. The van der Waals surface area contributed by atoms with Crippen LogP contribution in [0.15, 0.2) is 12.1 Å². The molecule has 1 aliphatic carbocycles. The van der Waals surface area contributed by atoms with E-state index < -0.39 is 15.6 Å². The molecule has 0 unspecified atom stereocenters. The van der Waals surface area contributed by atoms with Crippen LogP contribution >= 0.6 is 0 Å². The SMILES string of the molecule is Cc1ccc2c(c1C)OC1(CCN(S(=O)(=O)C3CC3)CC1)CC2=O. The number of ketones is 1. The molecule has 1 aromatic rings. The molecule has 1 saturated heterocycles. The summed E-state index contributed by atoms with van der Waals surface area (Å²) in [6.45, 7) is 4.89. The molecule has 2 aliphatic heterocycles. The predicted octanol–water partition coefficient (Wildman–Crippen LogP) is 2.60. The lowest BCUT2D eigenvalue weighted by Crippen LogP contribution is -2.52. The number of Topliss-reactive ketones (excluding diaryl/α,β-unsaturated/α-hetero) is 1. The maximum atomic E-state index is 12.6. The van der Waals surface area contributed by atoms with Crippen LogP contribution in [0.2, 0.25) is 0 Å². The van der Waals surface area contributed by atoms with Gasteiger partial charge in [0.05, 0.1) is 17.2 Å². The number of carbonyl (C=O) groups excluding carboxylic acids is 1. The monoisotopic (exact) mass is 349 g/mol. The lowest BCUT2D eigenvalue weighted by atomic mass is 9.82. The van der Waals surface area contributed by atoms with E-state index in [0.29, 0.717) is 43.7 Å². The summed E-state index contributed by atoms with van der Waals surface area (Å²) >= 11 is 0. The van der Waals surface area contributed by atoms with Crippen molar-refractivity contribution < 1.29 is 17.9 Å². The Morgan fingerprint density at radius 3 is 2.46 bits per heavy atom. The van der Waals surface area contributed by atoms with Gasteiger partial charge in [-0.15, -0.1) is 0 Å². The van der Waals surface area contributed by atoms with Gasteiger partial charge in [-0.3, -0.25) is 4.79 Å². The minimum Gasteiger partial charge on any atom is -0.486 e. The molecule has 24 heavy (non-hydrogen) atoms. The van der Waals surface area contributed by atoms with E-state index in [4.69, 9.17) is 4.74 Å². The van der Waals surface area contributed by atoms with Crippen molar-refractivity contribution >= 4 is 15.8 Å². The second-order valence-electron chi connectivity index (χ2n) is 7.41. The zero-order valence-corrected chi connectivity index (χ0v) is 15.0. The molecule has 0 aromatic heterocycles. The van der Waals surface area contributed by atoms with Crippen molar-refractivity contribution in [1.82, 2.24) is 4.31 Å². The topological polar surface area (TPSA) is 63.7 Å². The highest BCUT2D eigenvalue weighted by Gasteiger charge is 2.48. The third kappa shape index (κ3) is 2.47. The molecule has 1 aromatic carbocycles. The van der Waals surface area contributed by atoms with Gasteiger partial charge in [0.1, 0.15) is 11.4 Å². The summed E-state index contributed by atoms with van der Waals surface area (Å²) in [4.78, 5) is 12.6. The van der Waals surface area contributed by atoms with E-state index in [-0.39, 0.29) is 11.0 Å². The zero-order chi connectivity index (χ0) is 17.1. The van der Waals surface area contributed by atoms with Crippen LogP contribution in [-0.2, 0) is 10.0 Å². The third-order valence-electron chi connectivity index (χ3n) is 5.72. The maximum absolute atomic E-state index is 12.6. The van der Waals surface area contributed by atoms with E-state index >= 15 is 0 Å². The largest absolute Gasteiger partial charge is 0.486 e. The number of rotatable bonds is 2. The first kappa shape index (κ1) is 16.1. The Hall–Kier alpha value is -1.40. The van der Waals surface area contributed by atoms with E-state index in [0.717, 1.165) is 24.0 Å². The van der Waals surface area contributed by atoms with Gasteiger partial charge in [0.15, 0.2) is 5.78 Å². The van der Waals surface area contributed by atoms with Gasteiger partial charge >= 0.3 is 0 Å². The Labute approximate surface area is 143 Å². The molecule has 0 amide bonds. The molecule has 1 spiro atoms. The number of hydrogen-bond donors (Lipinski definition) is 0. The number of hydrogen-bond acceptors (Lipinski definition) is 4. The van der Waals surface area contributed by atoms with Crippen LogP contribution in [0.3, 0.4) is 0 Å². The van der Waals surface area contributed by atoms with Gasteiger partial charge in [0, 0.05) is 25.9 Å². The molecular formula is C18H23NO4S. The number of benzene rings is 1. The molecular weight excluding hydrogens is 326 g/mol. The molecule has 1 saturated carbocycles. The Bertz CT molecular complexity index is 803. The summed E-state index contributed by atoms with van der Waals surface area (Å²) in [6.07, 6.45) is 3.07. The smallest absolute Gasteiger partial charge is 0.216 e. The number of fused-ring (bicyclic) bond motifs is 1. The Kier molecular flexibility index (Phi) is 3.55. The molecule has 2 heterocycles. The van der Waals surface area contributed by atoms with E-state index in [2.05, 4.69) is 0 Å². The average molecular weight is 349 g/mol. The van der Waals surface area contributed by atoms with Crippen LogP contribution < -0.4 is 4.74 Å². The quantitative estimate of drug-likeness (QED) is 0.823. The fourth-order valence-electron chi connectivity index (χ4n) is 3.79. The van der Waals surface area contributed by atoms with Crippen LogP contribution in [0.25, 0.3) is 0 Å². The number of ether oxygens (including phenoxy) is 1. The van der Waals surface area contributed by atoms with Crippen molar-refractivity contribution in [3.8, 4) is 5.75 Å². The second-order valence-corrected chi connectivity index (χ2v) is 9.63. The summed E-state index contributed by atoms with van der Waals surface area (Å²) < 4.78 is 32.7. The predicted molar refractivity (Wildman–Crippen MR) is 91.0 cm³/mol. The Morgan fingerprint density at radius 1 is 1.17 bits per heavy atom.